The highest BCUT2D eigenvalue weighted by Crippen LogP contribution is 2.63. The summed E-state index contributed by atoms with van der Waals surface area (Å²) in [6.45, 7) is 0. The molecule has 0 saturated carbocycles. The van der Waals surface area contributed by atoms with Crippen LogP contribution in [0, 0.1) is 0 Å². The topological polar surface area (TPSA) is 3.24 Å². The molecule has 0 radical (unpaired) electrons. The first-order chi connectivity index (χ1) is 29.4. The number of rotatable bonds is 6. The van der Waals surface area contributed by atoms with Gasteiger partial charge in [0.05, 0.1) is 10.9 Å². The van der Waals surface area contributed by atoms with Crippen molar-refractivity contribution < 1.29 is 5.48 Å². The molecule has 262 valence electrons. The van der Waals surface area contributed by atoms with Gasteiger partial charge in [0.15, 0.2) is 0 Å². The molecule has 0 fully saturated rings. The predicted molar refractivity (Wildman–Crippen MR) is 234 cm³/mol. The maximum Gasteiger partial charge on any atom is 0.0725 e. The van der Waals surface area contributed by atoms with Gasteiger partial charge in [0.25, 0.3) is 0 Å². The zero-order chi connectivity index (χ0) is 40.5. The Balaban J connectivity index is 1.09. The molecule has 9 aromatic carbocycles. The lowest BCUT2D eigenvalue weighted by atomic mass is 9.70. The molecule has 9 aromatic rings. The zero-order valence-electron chi connectivity index (χ0n) is 34.5. The van der Waals surface area contributed by atoms with E-state index < -0.39 is 5.41 Å². The van der Waals surface area contributed by atoms with E-state index in [0.29, 0.717) is 5.56 Å². The molecule has 0 heterocycles. The number of hydrogen-bond acceptors (Lipinski definition) is 1. The van der Waals surface area contributed by atoms with Gasteiger partial charge in [-0.3, -0.25) is 0 Å². The first kappa shape index (κ1) is 28.3. The van der Waals surface area contributed by atoms with Gasteiger partial charge in [-0.15, -0.1) is 0 Å². The molecule has 1 nitrogen and oxygen atoms in total. The minimum absolute atomic E-state index is 0.0884. The van der Waals surface area contributed by atoms with Crippen molar-refractivity contribution in [1.29, 1.82) is 0 Å². The number of fused-ring (bicyclic) bond motifs is 10. The van der Waals surface area contributed by atoms with E-state index in [2.05, 4.69) is 109 Å². The maximum atomic E-state index is 9.69. The fourth-order valence-corrected chi connectivity index (χ4v) is 9.09. The Morgan fingerprint density at radius 1 is 0.286 bits per heavy atom. The number of anilines is 3. The largest absolute Gasteiger partial charge is 0.311 e. The van der Waals surface area contributed by atoms with Crippen LogP contribution >= 0.6 is 0 Å². The molecule has 1 spiro atoms. The molecule has 2 aliphatic carbocycles. The maximum absolute atomic E-state index is 9.69. The van der Waals surface area contributed by atoms with Crippen molar-refractivity contribution in [2.24, 2.45) is 0 Å². The summed E-state index contributed by atoms with van der Waals surface area (Å²) in [5.41, 5.74) is 15.6. The van der Waals surface area contributed by atoms with Gasteiger partial charge in [-0.1, -0.05) is 182 Å². The molecular weight excluding hydrogens is 675 g/mol. The van der Waals surface area contributed by atoms with Crippen LogP contribution in [-0.4, -0.2) is 0 Å². The lowest BCUT2D eigenvalue weighted by molar-refractivity contribution is 0.794. The van der Waals surface area contributed by atoms with Crippen LogP contribution in [0.15, 0.2) is 224 Å². The average Bonchev–Trinajstić information content (AvgIpc) is 3.78. The highest BCUT2D eigenvalue weighted by Gasteiger charge is 2.51. The van der Waals surface area contributed by atoms with Crippen LogP contribution in [0.3, 0.4) is 0 Å². The van der Waals surface area contributed by atoms with Crippen molar-refractivity contribution in [1.82, 2.24) is 0 Å². The zero-order valence-corrected chi connectivity index (χ0v) is 30.5. The van der Waals surface area contributed by atoms with Crippen molar-refractivity contribution in [3.63, 3.8) is 0 Å². The van der Waals surface area contributed by atoms with Gasteiger partial charge < -0.3 is 4.90 Å². The molecule has 0 saturated heterocycles. The Labute approximate surface area is 334 Å². The van der Waals surface area contributed by atoms with Crippen LogP contribution in [0.4, 0.5) is 17.1 Å². The van der Waals surface area contributed by atoms with Gasteiger partial charge in [-0.05, 0) is 120 Å². The van der Waals surface area contributed by atoms with E-state index in [4.69, 9.17) is 0 Å². The van der Waals surface area contributed by atoms with E-state index in [9.17, 15) is 5.48 Å². The fraction of sp³-hybridized carbons (Fsp3) is 0.0182. The highest BCUT2D eigenvalue weighted by molar-refractivity contribution is 5.96. The first-order valence-corrected chi connectivity index (χ1v) is 19.1. The SMILES string of the molecule is [2H]c1c([2H])c(N(c2ccc(-c3ccccc3)cc2)c2ccc(-c3ccccc3)cc2)c([2H])c([2H])c1-c1ccc2c(c1)C1(c3ccccc3-c3ccccc31)c1ccccc1-2. The van der Waals surface area contributed by atoms with Crippen LogP contribution in [0.2, 0.25) is 0 Å². The highest BCUT2D eigenvalue weighted by atomic mass is 15.1. The summed E-state index contributed by atoms with van der Waals surface area (Å²) in [5.74, 6) is 0. The van der Waals surface area contributed by atoms with Crippen molar-refractivity contribution in [2.45, 2.75) is 5.41 Å². The molecule has 0 atom stereocenters. The van der Waals surface area contributed by atoms with E-state index in [-0.39, 0.29) is 35.4 Å². The van der Waals surface area contributed by atoms with E-state index in [0.717, 1.165) is 50.3 Å². The van der Waals surface area contributed by atoms with Crippen LogP contribution in [0.25, 0.3) is 55.6 Å². The summed E-state index contributed by atoms with van der Waals surface area (Å²) in [6.07, 6.45) is 0. The predicted octanol–water partition coefficient (Wildman–Crippen LogP) is 14.5. The second kappa shape index (κ2) is 13.0. The second-order valence-electron chi connectivity index (χ2n) is 14.5. The van der Waals surface area contributed by atoms with Crippen LogP contribution < -0.4 is 4.90 Å². The summed E-state index contributed by atoms with van der Waals surface area (Å²) in [4.78, 5) is 1.86. The van der Waals surface area contributed by atoms with Crippen molar-refractivity contribution in [2.75, 3.05) is 4.90 Å². The lowest BCUT2D eigenvalue weighted by Crippen LogP contribution is -2.25. The van der Waals surface area contributed by atoms with Crippen LogP contribution in [0.1, 0.15) is 27.7 Å². The normalized spacial score (nSPS) is 13.8. The summed E-state index contributed by atoms with van der Waals surface area (Å²) in [6, 6.07) is 68.1. The smallest absolute Gasteiger partial charge is 0.0725 e. The van der Waals surface area contributed by atoms with E-state index in [1.807, 2.05) is 95.9 Å². The van der Waals surface area contributed by atoms with Crippen LogP contribution in [0.5, 0.6) is 0 Å². The number of nitrogens with zero attached hydrogens (tertiary/aromatic N) is 1. The van der Waals surface area contributed by atoms with Crippen LogP contribution in [-0.2, 0) is 5.41 Å². The lowest BCUT2D eigenvalue weighted by Gasteiger charge is -2.30. The van der Waals surface area contributed by atoms with Crippen molar-refractivity contribution in [3.05, 3.63) is 247 Å². The molecule has 0 amide bonds. The van der Waals surface area contributed by atoms with Gasteiger partial charge in [0, 0.05) is 17.1 Å². The van der Waals surface area contributed by atoms with E-state index in [1.165, 1.54) is 27.8 Å². The minimum atomic E-state index is -0.596. The summed E-state index contributed by atoms with van der Waals surface area (Å²) in [5, 5.41) is 0. The molecule has 1 heteroatoms. The van der Waals surface area contributed by atoms with Gasteiger partial charge in [0.2, 0.25) is 0 Å². The molecular formula is C55H37N. The summed E-state index contributed by atoms with van der Waals surface area (Å²) in [7, 11) is 0. The standard InChI is InChI=1S/C55H37N/c1-3-13-38(14-4-1)40-23-30-44(31-24-40)56(45-32-25-41(26-33-45)39-15-5-2-6-16-39)46-34-27-42(28-35-46)43-29-36-50-49-19-9-12-22-53(49)55(54(50)37-43)51-20-10-7-17-47(51)48-18-8-11-21-52(48)55/h1-37H/i27D,28D,34D,35D. The van der Waals surface area contributed by atoms with Crippen molar-refractivity contribution in [3.8, 4) is 55.6 Å². The second-order valence-corrected chi connectivity index (χ2v) is 14.5. The Bertz CT molecular complexity index is 2950. The molecule has 0 aliphatic heterocycles. The third-order valence-electron chi connectivity index (χ3n) is 11.6. The first-order valence-electron chi connectivity index (χ1n) is 21.1. The molecule has 0 aromatic heterocycles. The van der Waals surface area contributed by atoms with Gasteiger partial charge in [-0.2, -0.15) is 0 Å². The molecule has 0 N–H and O–H groups in total. The molecule has 0 unspecified atom stereocenters. The number of hydrogen-bond donors (Lipinski definition) is 0. The third kappa shape index (κ3) is 4.95. The van der Waals surface area contributed by atoms with Gasteiger partial charge in [0.1, 0.15) is 0 Å². The fourth-order valence-electron chi connectivity index (χ4n) is 9.09. The molecule has 2 aliphatic rings. The Hall–Kier alpha value is -7.22. The third-order valence-corrected chi connectivity index (χ3v) is 11.6. The summed E-state index contributed by atoms with van der Waals surface area (Å²) < 4.78 is 38.7. The van der Waals surface area contributed by atoms with Gasteiger partial charge >= 0.3 is 0 Å². The Morgan fingerprint density at radius 2 is 0.661 bits per heavy atom. The minimum Gasteiger partial charge on any atom is -0.311 e. The van der Waals surface area contributed by atoms with E-state index in [1.54, 1.807) is 0 Å². The summed E-state index contributed by atoms with van der Waals surface area (Å²) >= 11 is 0. The Kier molecular flexibility index (Phi) is 6.55. The number of benzene rings is 9. The molecule has 56 heavy (non-hydrogen) atoms. The monoisotopic (exact) mass is 715 g/mol. The van der Waals surface area contributed by atoms with Crippen molar-refractivity contribution >= 4 is 17.1 Å². The van der Waals surface area contributed by atoms with E-state index >= 15 is 0 Å². The molecule has 0 bridgehead atoms. The quantitative estimate of drug-likeness (QED) is 0.166. The Morgan fingerprint density at radius 3 is 1.12 bits per heavy atom. The average molecular weight is 716 g/mol. The van der Waals surface area contributed by atoms with Gasteiger partial charge in [-0.25, -0.2) is 0 Å². The molecule has 11 rings (SSSR count).